The molecule has 8 nitrogen and oxygen atoms in total. The van der Waals surface area contributed by atoms with Crippen molar-refractivity contribution in [3.05, 3.63) is 77.1 Å². The maximum Gasteiger partial charge on any atom is 0.255 e. The highest BCUT2D eigenvalue weighted by molar-refractivity contribution is 7.59. The third kappa shape index (κ3) is 8.22. The van der Waals surface area contributed by atoms with Crippen LogP contribution in [-0.2, 0) is 11.1 Å². The van der Waals surface area contributed by atoms with Crippen LogP contribution >= 0.6 is 7.29 Å². The van der Waals surface area contributed by atoms with Gasteiger partial charge in [0.25, 0.3) is 5.91 Å². The molecular weight excluding hydrogens is 483 g/mol. The van der Waals surface area contributed by atoms with Crippen LogP contribution < -0.4 is 10.6 Å². The molecule has 2 N–H and O–H groups in total. The van der Waals surface area contributed by atoms with E-state index in [1.54, 1.807) is 6.20 Å². The molecule has 1 fully saturated rings. The maximum atomic E-state index is 12.9. The molecule has 2 heterocycles. The summed E-state index contributed by atoms with van der Waals surface area (Å²) in [7, 11) is -2.17. The third-order valence-electron chi connectivity index (χ3n) is 6.19. The molecule has 0 bridgehead atoms. The van der Waals surface area contributed by atoms with Crippen molar-refractivity contribution in [1.29, 1.82) is 0 Å². The molecule has 1 amide bonds. The van der Waals surface area contributed by atoms with Gasteiger partial charge in [-0.3, -0.25) is 14.4 Å². The molecule has 0 atom stereocenters. The smallest absolute Gasteiger partial charge is 0.255 e. The van der Waals surface area contributed by atoms with Crippen LogP contribution in [0.5, 0.6) is 0 Å². The highest BCUT2D eigenvalue weighted by atomic mass is 31.2. The van der Waals surface area contributed by atoms with Crippen molar-refractivity contribution in [2.75, 3.05) is 50.1 Å². The molecule has 3 aromatic rings. The Balaban J connectivity index is 0.00000186. The first-order chi connectivity index (χ1) is 17.7. The Kier molecular flexibility index (Phi) is 9.98. The van der Waals surface area contributed by atoms with Crippen molar-refractivity contribution in [2.24, 2.45) is 0 Å². The summed E-state index contributed by atoms with van der Waals surface area (Å²) < 4.78 is 14.4. The lowest BCUT2D eigenvalue weighted by Gasteiger charge is -2.36. The number of rotatable bonds is 7. The molecule has 1 aliphatic heterocycles. The van der Waals surface area contributed by atoms with Crippen LogP contribution in [-0.4, -0.2) is 65.0 Å². The van der Waals surface area contributed by atoms with E-state index in [1.165, 1.54) is 5.56 Å². The number of hydrogen-bond acceptors (Lipinski definition) is 6. The quantitative estimate of drug-likeness (QED) is 0.381. The van der Waals surface area contributed by atoms with Gasteiger partial charge in [0.2, 0.25) is 5.95 Å². The van der Waals surface area contributed by atoms with Gasteiger partial charge in [0.1, 0.15) is 7.29 Å². The zero-order valence-corrected chi connectivity index (χ0v) is 23.7. The Morgan fingerprint density at radius 3 is 2.27 bits per heavy atom. The summed E-state index contributed by atoms with van der Waals surface area (Å²) in [5.41, 5.74) is 5.15. The van der Waals surface area contributed by atoms with Gasteiger partial charge in [-0.05, 0) is 55.3 Å². The Morgan fingerprint density at radius 1 is 0.973 bits per heavy atom. The molecule has 0 spiro atoms. The first-order valence-corrected chi connectivity index (χ1v) is 15.3. The van der Waals surface area contributed by atoms with Gasteiger partial charge in [-0.2, -0.15) is 0 Å². The largest absolute Gasteiger partial charge is 0.324 e. The summed E-state index contributed by atoms with van der Waals surface area (Å²) >= 11 is 0. The zero-order valence-electron chi connectivity index (χ0n) is 22.8. The lowest BCUT2D eigenvalue weighted by atomic mass is 10.1. The van der Waals surface area contributed by atoms with Crippen molar-refractivity contribution in [3.8, 4) is 0 Å². The van der Waals surface area contributed by atoms with E-state index in [4.69, 9.17) is 0 Å². The topological polar surface area (TPSA) is 90.5 Å². The minimum atomic E-state index is -2.17. The summed E-state index contributed by atoms with van der Waals surface area (Å²) in [6.45, 7) is 15.9. The number of nitrogens with one attached hydrogen (secondary N) is 2. The predicted molar refractivity (Wildman–Crippen MR) is 153 cm³/mol. The van der Waals surface area contributed by atoms with Gasteiger partial charge in [0, 0.05) is 74.9 Å². The van der Waals surface area contributed by atoms with Crippen LogP contribution in [0.2, 0.25) is 0 Å². The van der Waals surface area contributed by atoms with E-state index >= 15 is 0 Å². The molecule has 0 radical (unpaired) electrons. The van der Waals surface area contributed by atoms with Crippen molar-refractivity contribution < 1.29 is 9.36 Å². The molecule has 0 unspecified atom stereocenters. The van der Waals surface area contributed by atoms with Gasteiger partial charge >= 0.3 is 0 Å². The van der Waals surface area contributed by atoms with Crippen molar-refractivity contribution in [3.63, 3.8) is 0 Å². The van der Waals surface area contributed by atoms with E-state index in [9.17, 15) is 9.36 Å². The normalized spacial score (nSPS) is 14.4. The first-order valence-electron chi connectivity index (χ1n) is 12.8. The Morgan fingerprint density at radius 2 is 1.65 bits per heavy atom. The molecule has 1 aliphatic rings. The molecule has 37 heavy (non-hydrogen) atoms. The van der Waals surface area contributed by atoms with Gasteiger partial charge in [-0.1, -0.05) is 32.0 Å². The fraction of sp³-hybridized carbons (Fsp3) is 0.393. The number of aryl methyl sites for hydroxylation is 2. The summed E-state index contributed by atoms with van der Waals surface area (Å²) in [5, 5.41) is 6.19. The van der Waals surface area contributed by atoms with E-state index in [2.05, 4.69) is 30.2 Å². The summed E-state index contributed by atoms with van der Waals surface area (Å²) in [4.78, 5) is 23.9. The molecule has 9 heteroatoms. The number of hydrogen-bond donors (Lipinski definition) is 2. The molecule has 198 valence electrons. The third-order valence-corrected chi connectivity index (χ3v) is 7.95. The van der Waals surface area contributed by atoms with E-state index in [0.29, 0.717) is 11.5 Å². The molecule has 0 saturated carbocycles. The average Bonchev–Trinajstić information content (AvgIpc) is 2.87. The highest BCUT2D eigenvalue weighted by Crippen LogP contribution is 2.41. The molecular formula is C28H39N6O2P. The number of anilines is 3. The molecule has 1 saturated heterocycles. The van der Waals surface area contributed by atoms with Crippen molar-refractivity contribution >= 4 is 30.5 Å². The minimum Gasteiger partial charge on any atom is -0.324 e. The second kappa shape index (κ2) is 13.0. The summed E-state index contributed by atoms with van der Waals surface area (Å²) in [6.07, 6.45) is 1.70. The Labute approximate surface area is 220 Å². The van der Waals surface area contributed by atoms with Crippen LogP contribution in [0, 0.1) is 13.8 Å². The lowest BCUT2D eigenvalue weighted by molar-refractivity contribution is 0.102. The lowest BCUT2D eigenvalue weighted by Crippen LogP contribution is -2.44. The molecule has 0 aliphatic carbocycles. The summed E-state index contributed by atoms with van der Waals surface area (Å²) in [6, 6.07) is 15.3. The van der Waals surface area contributed by atoms with Crippen molar-refractivity contribution in [2.45, 2.75) is 34.2 Å². The van der Waals surface area contributed by atoms with Crippen LogP contribution in [0.4, 0.5) is 17.3 Å². The Hall–Kier alpha value is -3.06. The number of piperazine rings is 1. The number of benzene rings is 2. The molecule has 4 rings (SSSR count). The van der Waals surface area contributed by atoms with Gasteiger partial charge in [-0.15, -0.1) is 0 Å². The standard InChI is InChI=1S/C26H33N6O2P.C2H6/c1-19-5-8-22(17-24(19)30-26-27-12-11-20(2)28-26)25(33)29-23-9-6-21(7-10-23)18-31-13-15-32(16-14-31)35(3,4)34;1-2/h5-12,17H,13-16,18H2,1-4H3,(H,29,33)(H,27,28,30);1-2H3. The number of nitrogens with zero attached hydrogens (tertiary/aromatic N) is 4. The van der Waals surface area contributed by atoms with Crippen LogP contribution in [0.1, 0.15) is 41.0 Å². The number of carbonyl (C=O) groups is 1. The van der Waals surface area contributed by atoms with Gasteiger partial charge < -0.3 is 15.2 Å². The van der Waals surface area contributed by atoms with Crippen LogP contribution in [0.25, 0.3) is 0 Å². The predicted octanol–water partition coefficient (Wildman–Crippen LogP) is 5.77. The minimum absolute atomic E-state index is 0.175. The first kappa shape index (κ1) is 28.5. The average molecular weight is 523 g/mol. The van der Waals surface area contributed by atoms with Gasteiger partial charge in [0.15, 0.2) is 0 Å². The molecule has 2 aromatic carbocycles. The van der Waals surface area contributed by atoms with Gasteiger partial charge in [-0.25, -0.2) is 9.97 Å². The SMILES string of the molecule is CC.Cc1ccnc(Nc2cc(C(=O)Nc3ccc(CN4CCN(P(C)(C)=O)CC4)cc3)ccc2C)n1. The van der Waals surface area contributed by atoms with E-state index in [0.717, 1.165) is 55.4 Å². The monoisotopic (exact) mass is 522 g/mol. The van der Waals surface area contributed by atoms with E-state index in [-0.39, 0.29) is 5.91 Å². The fourth-order valence-corrected chi connectivity index (χ4v) is 5.20. The number of aromatic nitrogens is 2. The second-order valence-corrected chi connectivity index (χ2v) is 12.5. The van der Waals surface area contributed by atoms with Crippen molar-refractivity contribution in [1.82, 2.24) is 19.5 Å². The fourth-order valence-electron chi connectivity index (χ4n) is 4.06. The summed E-state index contributed by atoms with van der Waals surface area (Å²) in [5.74, 6) is 0.326. The number of amides is 1. The van der Waals surface area contributed by atoms with Crippen LogP contribution in [0.3, 0.4) is 0 Å². The van der Waals surface area contributed by atoms with E-state index < -0.39 is 7.29 Å². The maximum absolute atomic E-state index is 12.9. The van der Waals surface area contributed by atoms with E-state index in [1.807, 2.05) is 89.6 Å². The Bertz CT molecular complexity index is 1230. The highest BCUT2D eigenvalue weighted by Gasteiger charge is 2.24. The molecule has 1 aromatic heterocycles. The second-order valence-electron chi connectivity index (χ2n) is 9.35. The zero-order chi connectivity index (χ0) is 27.0. The van der Waals surface area contributed by atoms with Gasteiger partial charge in [0.05, 0.1) is 0 Å². The number of carbonyl (C=O) groups excluding carboxylic acids is 1. The van der Waals surface area contributed by atoms with Crippen LogP contribution in [0.15, 0.2) is 54.7 Å².